The van der Waals surface area contributed by atoms with Crippen molar-refractivity contribution < 1.29 is 19.5 Å². The lowest BCUT2D eigenvalue weighted by molar-refractivity contribution is -0.142. The summed E-state index contributed by atoms with van der Waals surface area (Å²) in [7, 11) is 1.60. The van der Waals surface area contributed by atoms with Crippen molar-refractivity contribution in [3.05, 3.63) is 65.2 Å². The van der Waals surface area contributed by atoms with Crippen LogP contribution in [0.4, 0.5) is 5.69 Å². The molecule has 0 aromatic heterocycles. The first kappa shape index (κ1) is 25.8. The zero-order valence-corrected chi connectivity index (χ0v) is 22.6. The van der Waals surface area contributed by atoms with E-state index in [9.17, 15) is 19.5 Å². The number of aliphatic hydroxyl groups excluding tert-OH is 1. The molecule has 2 aromatic rings. The number of anilines is 1. The fourth-order valence-corrected chi connectivity index (χ4v) is 9.30. The van der Waals surface area contributed by atoms with Gasteiger partial charge in [0.15, 0.2) is 0 Å². The maximum absolute atomic E-state index is 14.3. The van der Waals surface area contributed by atoms with Crippen LogP contribution in [0, 0.1) is 25.7 Å². The third-order valence-corrected chi connectivity index (χ3v) is 10.6. The number of hydrogen-bond acceptors (Lipinski definition) is 5. The van der Waals surface area contributed by atoms with Gasteiger partial charge in [0.1, 0.15) is 6.04 Å². The lowest BCUT2D eigenvalue weighted by atomic mass is 9.66. The number of benzene rings is 2. The molecular formula is C29H35N3O4S. The Bertz CT molecular complexity index is 1220. The molecule has 0 aliphatic carbocycles. The monoisotopic (exact) mass is 521 g/mol. The number of nitrogens with zero attached hydrogens (tertiary/aromatic N) is 1. The second-order valence-electron chi connectivity index (χ2n) is 10.9. The Morgan fingerprint density at radius 3 is 2.38 bits per heavy atom. The van der Waals surface area contributed by atoms with Crippen molar-refractivity contribution in [3.63, 3.8) is 0 Å². The quantitative estimate of drug-likeness (QED) is 0.520. The van der Waals surface area contributed by atoms with E-state index in [2.05, 4.69) is 17.6 Å². The molecule has 0 saturated carbocycles. The molecule has 1 spiro atoms. The van der Waals surface area contributed by atoms with Gasteiger partial charge in [-0.3, -0.25) is 14.4 Å². The van der Waals surface area contributed by atoms with Gasteiger partial charge in [-0.15, -0.1) is 11.8 Å². The zero-order chi connectivity index (χ0) is 26.5. The molecule has 2 aromatic carbocycles. The topological polar surface area (TPSA) is 98.7 Å². The predicted molar refractivity (Wildman–Crippen MR) is 145 cm³/mol. The Balaban J connectivity index is 1.59. The summed E-state index contributed by atoms with van der Waals surface area (Å²) in [4.78, 5) is 43.3. The van der Waals surface area contributed by atoms with Crippen molar-refractivity contribution in [3.8, 4) is 0 Å². The molecule has 5 rings (SSSR count). The Morgan fingerprint density at radius 2 is 1.76 bits per heavy atom. The summed E-state index contributed by atoms with van der Waals surface area (Å²) in [5.41, 5.74) is 3.61. The Morgan fingerprint density at radius 1 is 1.08 bits per heavy atom. The molecule has 3 fully saturated rings. The van der Waals surface area contributed by atoms with Gasteiger partial charge in [0, 0.05) is 17.5 Å². The predicted octanol–water partition coefficient (Wildman–Crippen LogP) is 3.07. The van der Waals surface area contributed by atoms with Crippen LogP contribution in [-0.2, 0) is 20.8 Å². The fraction of sp³-hybridized carbons (Fsp3) is 0.483. The first-order valence-corrected chi connectivity index (χ1v) is 13.7. The summed E-state index contributed by atoms with van der Waals surface area (Å²) in [6.07, 6.45) is 1.84. The van der Waals surface area contributed by atoms with Crippen LogP contribution >= 0.6 is 11.8 Å². The van der Waals surface area contributed by atoms with Crippen molar-refractivity contribution in [1.82, 2.24) is 10.2 Å². The van der Waals surface area contributed by atoms with Crippen LogP contribution in [0.3, 0.4) is 0 Å². The molecule has 8 heteroatoms. The van der Waals surface area contributed by atoms with Crippen molar-refractivity contribution >= 4 is 35.2 Å². The lowest BCUT2D eigenvalue weighted by Gasteiger charge is -2.37. The zero-order valence-electron chi connectivity index (χ0n) is 21.8. The van der Waals surface area contributed by atoms with E-state index in [4.69, 9.17) is 0 Å². The number of aliphatic hydroxyl groups is 1. The molecule has 3 aliphatic heterocycles. The largest absolute Gasteiger partial charge is 0.394 e. The average Bonchev–Trinajstić information content (AvgIpc) is 3.45. The van der Waals surface area contributed by atoms with Crippen molar-refractivity contribution in [1.29, 1.82) is 0 Å². The van der Waals surface area contributed by atoms with Crippen LogP contribution in [0.5, 0.6) is 0 Å². The Kier molecular flexibility index (Phi) is 6.61. The molecule has 7 nitrogen and oxygen atoms in total. The molecular weight excluding hydrogens is 486 g/mol. The van der Waals surface area contributed by atoms with E-state index in [-0.39, 0.29) is 24.3 Å². The number of para-hydroxylation sites is 1. The Hall–Kier alpha value is -2.84. The molecule has 3 heterocycles. The second-order valence-corrected chi connectivity index (χ2v) is 12.8. The molecule has 196 valence electrons. The summed E-state index contributed by atoms with van der Waals surface area (Å²) in [6, 6.07) is 14.2. The minimum Gasteiger partial charge on any atom is -0.394 e. The highest BCUT2D eigenvalue weighted by atomic mass is 32.2. The summed E-state index contributed by atoms with van der Waals surface area (Å²) < 4.78 is -1.15. The molecule has 3 saturated heterocycles. The summed E-state index contributed by atoms with van der Waals surface area (Å²) in [5.74, 6) is -1.76. The van der Waals surface area contributed by atoms with E-state index >= 15 is 0 Å². The first-order chi connectivity index (χ1) is 17.7. The van der Waals surface area contributed by atoms with E-state index in [1.807, 2.05) is 62.4 Å². The lowest BCUT2D eigenvalue weighted by Crippen LogP contribution is -2.55. The van der Waals surface area contributed by atoms with E-state index < -0.39 is 33.4 Å². The van der Waals surface area contributed by atoms with Gasteiger partial charge in [-0.05, 0) is 56.7 Å². The molecule has 37 heavy (non-hydrogen) atoms. The van der Waals surface area contributed by atoms with Crippen LogP contribution < -0.4 is 10.6 Å². The number of thioether (sulfide) groups is 1. The molecule has 2 bridgehead atoms. The molecule has 2 unspecified atom stereocenters. The van der Waals surface area contributed by atoms with Crippen LogP contribution in [0.15, 0.2) is 48.5 Å². The van der Waals surface area contributed by atoms with Gasteiger partial charge in [0.25, 0.3) is 0 Å². The highest BCUT2D eigenvalue weighted by Gasteiger charge is 2.77. The molecule has 3 amide bonds. The normalized spacial score (nSPS) is 30.8. The van der Waals surface area contributed by atoms with Crippen LogP contribution in [-0.4, -0.2) is 63.0 Å². The van der Waals surface area contributed by atoms with Gasteiger partial charge in [0.2, 0.25) is 17.7 Å². The number of likely N-dealkylation sites (tertiary alicyclic amines) is 1. The van der Waals surface area contributed by atoms with Gasteiger partial charge in [-0.25, -0.2) is 0 Å². The summed E-state index contributed by atoms with van der Waals surface area (Å²) in [5, 5.41) is 16.5. The number of amides is 3. The van der Waals surface area contributed by atoms with Crippen LogP contribution in [0.25, 0.3) is 0 Å². The highest BCUT2D eigenvalue weighted by molar-refractivity contribution is 8.02. The molecule has 0 radical (unpaired) electrons. The second kappa shape index (κ2) is 9.48. The number of aryl methyl sites for hydroxylation is 2. The van der Waals surface area contributed by atoms with Gasteiger partial charge in [-0.2, -0.15) is 0 Å². The third kappa shape index (κ3) is 3.96. The van der Waals surface area contributed by atoms with Crippen LogP contribution in [0.1, 0.15) is 36.5 Å². The standard InChI is InChI=1S/C29H35N3O4S/c1-17-9-8-10-18(2)23(17)31-26(35)24-29-14-13-28(3,37-29)21(25(34)30-4)22(29)27(36)32(24)20(16-33)15-19-11-6-5-7-12-19/h5-12,20-22,24,33H,13-16H2,1-4H3,(H,30,34)(H,31,35)/t20-,21+,22+,24?,28-,29?/m1/s1. The van der Waals surface area contributed by atoms with Crippen molar-refractivity contribution in [2.75, 3.05) is 19.0 Å². The number of fused-ring (bicyclic) bond motifs is 1. The number of nitrogens with one attached hydrogen (secondary N) is 2. The molecule has 3 N–H and O–H groups in total. The summed E-state index contributed by atoms with van der Waals surface area (Å²) >= 11 is 1.63. The smallest absolute Gasteiger partial charge is 0.248 e. The van der Waals surface area contributed by atoms with E-state index in [1.165, 1.54) is 0 Å². The van der Waals surface area contributed by atoms with Crippen LogP contribution in [0.2, 0.25) is 0 Å². The number of hydrogen-bond donors (Lipinski definition) is 3. The first-order valence-electron chi connectivity index (χ1n) is 12.9. The average molecular weight is 522 g/mol. The van der Waals surface area contributed by atoms with Crippen molar-refractivity contribution in [2.24, 2.45) is 11.8 Å². The molecule has 3 aliphatic rings. The van der Waals surface area contributed by atoms with Gasteiger partial charge < -0.3 is 20.6 Å². The minimum absolute atomic E-state index is 0.158. The number of carbonyl (C=O) groups is 3. The third-order valence-electron chi connectivity index (χ3n) is 8.64. The summed E-state index contributed by atoms with van der Waals surface area (Å²) in [6.45, 7) is 5.68. The molecule has 6 atom stereocenters. The highest BCUT2D eigenvalue weighted by Crippen LogP contribution is 2.71. The number of carbonyl (C=O) groups excluding carboxylic acids is 3. The minimum atomic E-state index is -0.800. The van der Waals surface area contributed by atoms with Gasteiger partial charge >= 0.3 is 0 Å². The van der Waals surface area contributed by atoms with E-state index in [0.717, 1.165) is 28.8 Å². The number of rotatable bonds is 7. The Labute approximate surface area is 222 Å². The van der Waals surface area contributed by atoms with E-state index in [1.54, 1.807) is 23.7 Å². The maximum Gasteiger partial charge on any atom is 0.248 e. The SMILES string of the molecule is CNC(=O)[C@@H]1[C@H]2C(=O)N([C@@H](CO)Cc3ccccc3)C(C(=O)Nc3c(C)cccc3C)C23CC[C@@]1(C)S3. The van der Waals surface area contributed by atoms with Gasteiger partial charge in [-0.1, -0.05) is 48.5 Å². The fourth-order valence-electron chi connectivity index (χ4n) is 6.95. The maximum atomic E-state index is 14.3. The van der Waals surface area contributed by atoms with Crippen molar-refractivity contribution in [2.45, 2.75) is 61.6 Å². The van der Waals surface area contributed by atoms with E-state index in [0.29, 0.717) is 12.8 Å². The van der Waals surface area contributed by atoms with Gasteiger partial charge in [0.05, 0.1) is 29.2 Å².